The number of rotatable bonds is 6. The van der Waals surface area contributed by atoms with Crippen molar-refractivity contribution in [3.05, 3.63) is 24.3 Å². The Kier molecular flexibility index (Phi) is 4.98. The lowest BCUT2D eigenvalue weighted by molar-refractivity contribution is 0.158. The zero-order valence-electron chi connectivity index (χ0n) is 9.79. The van der Waals surface area contributed by atoms with Crippen LogP contribution in [0.3, 0.4) is 0 Å². The van der Waals surface area contributed by atoms with Crippen LogP contribution >= 0.6 is 0 Å². The summed E-state index contributed by atoms with van der Waals surface area (Å²) >= 11 is 0. The molecule has 0 heterocycles. The van der Waals surface area contributed by atoms with Crippen LogP contribution in [-0.4, -0.2) is 33.9 Å². The van der Waals surface area contributed by atoms with E-state index in [9.17, 15) is 0 Å². The molecule has 3 nitrogen and oxygen atoms in total. The zero-order chi connectivity index (χ0) is 11.1. The molecule has 0 amide bonds. The molecule has 0 spiro atoms. The van der Waals surface area contributed by atoms with E-state index in [1.165, 1.54) is 5.69 Å². The Bertz CT molecular complexity index is 269. The van der Waals surface area contributed by atoms with Gasteiger partial charge < -0.3 is 15.0 Å². The largest absolute Gasteiger partial charge is 0.383 e. The van der Waals surface area contributed by atoms with Gasteiger partial charge in [-0.3, -0.25) is 0 Å². The summed E-state index contributed by atoms with van der Waals surface area (Å²) in [6, 6.07) is 8.37. The normalized spacial score (nSPS) is 10.1. The maximum atomic E-state index is 5.25. The van der Waals surface area contributed by atoms with Crippen molar-refractivity contribution in [2.75, 3.05) is 44.1 Å². The average Bonchev–Trinajstić information content (AvgIpc) is 2.25. The monoisotopic (exact) mass is 208 g/mol. The highest BCUT2D eigenvalue weighted by molar-refractivity contribution is 5.54. The van der Waals surface area contributed by atoms with Crippen molar-refractivity contribution in [3.8, 4) is 0 Å². The van der Waals surface area contributed by atoms with Gasteiger partial charge >= 0.3 is 0 Å². The predicted molar refractivity (Wildman–Crippen MR) is 65.8 cm³/mol. The smallest absolute Gasteiger partial charge is 0.0638 e. The van der Waals surface area contributed by atoms with Crippen molar-refractivity contribution in [2.24, 2.45) is 0 Å². The summed E-state index contributed by atoms with van der Waals surface area (Å²) < 4.78 is 5.25. The van der Waals surface area contributed by atoms with Gasteiger partial charge in [-0.05, 0) is 31.2 Å². The Labute approximate surface area is 92.0 Å². The van der Waals surface area contributed by atoms with Crippen LogP contribution in [-0.2, 0) is 4.74 Å². The summed E-state index contributed by atoms with van der Waals surface area (Å²) in [4.78, 5) is 2.09. The summed E-state index contributed by atoms with van der Waals surface area (Å²) in [6.07, 6.45) is 0. The summed E-state index contributed by atoms with van der Waals surface area (Å²) in [5.74, 6) is 0. The van der Waals surface area contributed by atoms with Crippen LogP contribution in [0.25, 0.3) is 0 Å². The summed E-state index contributed by atoms with van der Waals surface area (Å²) in [7, 11) is 4.08. The molecule has 84 valence electrons. The van der Waals surface area contributed by atoms with Gasteiger partial charge in [0.05, 0.1) is 6.61 Å². The van der Waals surface area contributed by atoms with E-state index < -0.39 is 0 Å². The number of hydrogen-bond acceptors (Lipinski definition) is 3. The molecule has 1 aromatic carbocycles. The Morgan fingerprint density at radius 1 is 1.20 bits per heavy atom. The van der Waals surface area contributed by atoms with Crippen molar-refractivity contribution in [1.82, 2.24) is 0 Å². The molecule has 15 heavy (non-hydrogen) atoms. The number of nitrogens with one attached hydrogen (secondary N) is 1. The van der Waals surface area contributed by atoms with E-state index in [-0.39, 0.29) is 0 Å². The molecule has 0 radical (unpaired) electrons. The molecular formula is C12H20N2O. The molecule has 0 saturated heterocycles. The SMILES string of the molecule is CCOCCNc1ccc(N(C)C)cc1. The molecule has 0 aliphatic heterocycles. The van der Waals surface area contributed by atoms with Gasteiger partial charge in [-0.2, -0.15) is 0 Å². The third-order valence-corrected chi connectivity index (χ3v) is 2.16. The molecule has 1 N–H and O–H groups in total. The fourth-order valence-corrected chi connectivity index (χ4v) is 1.29. The third-order valence-electron chi connectivity index (χ3n) is 2.16. The van der Waals surface area contributed by atoms with Crippen LogP contribution in [0.15, 0.2) is 24.3 Å². The van der Waals surface area contributed by atoms with Crippen LogP contribution in [0.1, 0.15) is 6.92 Å². The Hall–Kier alpha value is -1.22. The lowest BCUT2D eigenvalue weighted by Crippen LogP contribution is -2.10. The highest BCUT2D eigenvalue weighted by Crippen LogP contribution is 2.15. The first kappa shape index (κ1) is 11.9. The lowest BCUT2D eigenvalue weighted by atomic mass is 10.2. The minimum absolute atomic E-state index is 0.756. The van der Waals surface area contributed by atoms with Gasteiger partial charge in [0.15, 0.2) is 0 Å². The number of hydrogen-bond donors (Lipinski definition) is 1. The maximum Gasteiger partial charge on any atom is 0.0638 e. The first-order valence-electron chi connectivity index (χ1n) is 5.33. The molecule has 1 rings (SSSR count). The quantitative estimate of drug-likeness (QED) is 0.725. The molecular weight excluding hydrogens is 188 g/mol. The van der Waals surface area contributed by atoms with Crippen LogP contribution < -0.4 is 10.2 Å². The van der Waals surface area contributed by atoms with Crippen LogP contribution in [0.5, 0.6) is 0 Å². The van der Waals surface area contributed by atoms with Gasteiger partial charge in [-0.15, -0.1) is 0 Å². The Morgan fingerprint density at radius 2 is 1.87 bits per heavy atom. The van der Waals surface area contributed by atoms with E-state index in [4.69, 9.17) is 4.74 Å². The number of nitrogens with zero attached hydrogens (tertiary/aromatic N) is 1. The molecule has 0 atom stereocenters. The second-order valence-electron chi connectivity index (χ2n) is 3.57. The van der Waals surface area contributed by atoms with Crippen LogP contribution in [0, 0.1) is 0 Å². The van der Waals surface area contributed by atoms with E-state index in [1.807, 2.05) is 21.0 Å². The first-order valence-corrected chi connectivity index (χ1v) is 5.33. The standard InChI is InChI=1S/C12H20N2O/c1-4-15-10-9-13-11-5-7-12(8-6-11)14(2)3/h5-8,13H,4,9-10H2,1-3H3. The molecule has 0 bridgehead atoms. The van der Waals surface area contributed by atoms with E-state index in [1.54, 1.807) is 0 Å². The van der Waals surface area contributed by atoms with Crippen LogP contribution in [0.2, 0.25) is 0 Å². The topological polar surface area (TPSA) is 24.5 Å². The van der Waals surface area contributed by atoms with Gasteiger partial charge in [0, 0.05) is 38.6 Å². The van der Waals surface area contributed by atoms with E-state index in [0.717, 1.165) is 25.4 Å². The summed E-state index contributed by atoms with van der Waals surface area (Å²) in [5.41, 5.74) is 2.35. The fourth-order valence-electron chi connectivity index (χ4n) is 1.29. The second-order valence-corrected chi connectivity index (χ2v) is 3.57. The third kappa shape index (κ3) is 4.21. The number of anilines is 2. The lowest BCUT2D eigenvalue weighted by Gasteiger charge is -2.13. The first-order chi connectivity index (χ1) is 7.24. The van der Waals surface area contributed by atoms with Crippen molar-refractivity contribution >= 4 is 11.4 Å². The molecule has 0 unspecified atom stereocenters. The maximum absolute atomic E-state index is 5.25. The zero-order valence-corrected chi connectivity index (χ0v) is 9.79. The highest BCUT2D eigenvalue weighted by atomic mass is 16.5. The Morgan fingerprint density at radius 3 is 2.40 bits per heavy atom. The second kappa shape index (κ2) is 6.30. The van der Waals surface area contributed by atoms with E-state index >= 15 is 0 Å². The molecule has 3 heteroatoms. The van der Waals surface area contributed by atoms with Crippen molar-refractivity contribution in [1.29, 1.82) is 0 Å². The molecule has 0 aliphatic carbocycles. The fraction of sp³-hybridized carbons (Fsp3) is 0.500. The number of ether oxygens (including phenoxy) is 1. The highest BCUT2D eigenvalue weighted by Gasteiger charge is 1.95. The predicted octanol–water partition coefficient (Wildman–Crippen LogP) is 2.20. The minimum Gasteiger partial charge on any atom is -0.383 e. The van der Waals surface area contributed by atoms with Crippen LogP contribution in [0.4, 0.5) is 11.4 Å². The summed E-state index contributed by atoms with van der Waals surface area (Å²) in [6.45, 7) is 4.40. The molecule has 0 aliphatic rings. The van der Waals surface area contributed by atoms with E-state index in [0.29, 0.717) is 0 Å². The molecule has 1 aromatic rings. The van der Waals surface area contributed by atoms with Gasteiger partial charge in [0.1, 0.15) is 0 Å². The summed E-state index contributed by atoms with van der Waals surface area (Å²) in [5, 5.41) is 3.30. The van der Waals surface area contributed by atoms with Crippen molar-refractivity contribution in [2.45, 2.75) is 6.92 Å². The van der Waals surface area contributed by atoms with Crippen molar-refractivity contribution < 1.29 is 4.74 Å². The molecule has 0 aromatic heterocycles. The minimum atomic E-state index is 0.756. The van der Waals surface area contributed by atoms with Gasteiger partial charge in [-0.1, -0.05) is 0 Å². The average molecular weight is 208 g/mol. The molecule has 0 fully saturated rings. The number of benzene rings is 1. The van der Waals surface area contributed by atoms with Gasteiger partial charge in [-0.25, -0.2) is 0 Å². The van der Waals surface area contributed by atoms with Gasteiger partial charge in [0.25, 0.3) is 0 Å². The van der Waals surface area contributed by atoms with Gasteiger partial charge in [0.2, 0.25) is 0 Å². The van der Waals surface area contributed by atoms with E-state index in [2.05, 4.69) is 34.5 Å². The van der Waals surface area contributed by atoms with Crippen molar-refractivity contribution in [3.63, 3.8) is 0 Å². The molecule has 0 saturated carbocycles. The Balaban J connectivity index is 2.36.